The Morgan fingerprint density at radius 1 is 1.14 bits per heavy atom. The molecule has 2 aromatic heterocycles. The summed E-state index contributed by atoms with van der Waals surface area (Å²) in [6, 6.07) is 14.5. The Labute approximate surface area is 132 Å². The lowest BCUT2D eigenvalue weighted by molar-refractivity contribution is -0.475. The van der Waals surface area contributed by atoms with Gasteiger partial charge in [-0.1, -0.05) is 12.1 Å². The van der Waals surface area contributed by atoms with Gasteiger partial charge in [0.15, 0.2) is 11.0 Å². The Kier molecular flexibility index (Phi) is 3.01. The van der Waals surface area contributed by atoms with E-state index in [4.69, 9.17) is 4.74 Å². The van der Waals surface area contributed by atoms with Crippen molar-refractivity contribution in [1.82, 2.24) is 4.98 Å². The summed E-state index contributed by atoms with van der Waals surface area (Å²) in [5, 5.41) is 3.14. The molecule has 0 aliphatic heterocycles. The topological polar surface area (TPSA) is 41.1 Å². The van der Waals surface area contributed by atoms with Gasteiger partial charge in [-0.15, -0.1) is 0 Å². The summed E-state index contributed by atoms with van der Waals surface area (Å²) >= 11 is 1.75. The zero-order chi connectivity index (χ0) is 15.1. The summed E-state index contributed by atoms with van der Waals surface area (Å²) in [5.41, 5.74) is 4.58. The van der Waals surface area contributed by atoms with Crippen molar-refractivity contribution in [1.29, 1.82) is 0 Å². The number of nitrogens with zero attached hydrogens (tertiary/aromatic N) is 1. The Bertz CT molecular complexity index is 953. The maximum atomic E-state index is 5.33. The maximum Gasteiger partial charge on any atom is 0.345 e. The fourth-order valence-corrected chi connectivity index (χ4v) is 3.64. The van der Waals surface area contributed by atoms with Crippen molar-refractivity contribution in [3.05, 3.63) is 48.7 Å². The van der Waals surface area contributed by atoms with E-state index in [1.165, 1.54) is 10.4 Å². The van der Waals surface area contributed by atoms with E-state index in [0.29, 0.717) is 0 Å². The first-order valence-corrected chi connectivity index (χ1v) is 7.89. The first-order valence-electron chi connectivity index (χ1n) is 7.07. The van der Waals surface area contributed by atoms with Crippen molar-refractivity contribution in [2.45, 2.75) is 0 Å². The second-order valence-electron chi connectivity index (χ2n) is 5.11. The SMILES string of the molecule is CNc1ccc(-c2c[n+]3c([nH]c4ccc(OC)cc43)s2)cc1. The van der Waals surface area contributed by atoms with Gasteiger partial charge in [0, 0.05) is 18.8 Å². The molecule has 5 heteroatoms. The normalized spacial score (nSPS) is 11.2. The number of ether oxygens (including phenoxy) is 1. The molecule has 0 bridgehead atoms. The molecule has 2 heterocycles. The third kappa shape index (κ3) is 2.02. The molecule has 0 atom stereocenters. The van der Waals surface area contributed by atoms with E-state index in [1.807, 2.05) is 13.1 Å². The van der Waals surface area contributed by atoms with Gasteiger partial charge in [0.2, 0.25) is 0 Å². The van der Waals surface area contributed by atoms with Gasteiger partial charge in [0.1, 0.15) is 11.9 Å². The zero-order valence-electron chi connectivity index (χ0n) is 12.4. The van der Waals surface area contributed by atoms with Crippen LogP contribution in [-0.2, 0) is 0 Å². The number of methoxy groups -OCH3 is 1. The third-order valence-corrected chi connectivity index (χ3v) is 4.89. The van der Waals surface area contributed by atoms with Crippen LogP contribution in [0.4, 0.5) is 5.69 Å². The van der Waals surface area contributed by atoms with Crippen molar-refractivity contribution in [3.63, 3.8) is 0 Å². The number of hydrogen-bond acceptors (Lipinski definition) is 3. The highest BCUT2D eigenvalue weighted by molar-refractivity contribution is 7.19. The number of thiazole rings is 1. The minimum absolute atomic E-state index is 0.868. The van der Waals surface area contributed by atoms with Crippen molar-refractivity contribution in [2.75, 3.05) is 19.5 Å². The van der Waals surface area contributed by atoms with Crippen LogP contribution in [0.15, 0.2) is 48.7 Å². The summed E-state index contributed by atoms with van der Waals surface area (Å²) in [4.78, 5) is 5.81. The van der Waals surface area contributed by atoms with Crippen LogP contribution in [0.5, 0.6) is 5.75 Å². The van der Waals surface area contributed by atoms with Gasteiger partial charge in [-0.3, -0.25) is 0 Å². The van der Waals surface area contributed by atoms with Gasteiger partial charge in [0.05, 0.1) is 12.0 Å². The molecule has 0 aliphatic rings. The molecular formula is C17H16N3OS+. The van der Waals surface area contributed by atoms with Crippen LogP contribution in [0.3, 0.4) is 0 Å². The monoisotopic (exact) mass is 310 g/mol. The molecule has 0 amide bonds. The standard InChI is InChI=1S/C17H15N3OS/c1-18-12-5-3-11(4-6-12)16-10-20-15-9-13(21-2)7-8-14(15)19-17(20)22-16/h3-10,18H,1-2H3/p+1. The van der Waals surface area contributed by atoms with Gasteiger partial charge in [-0.2, -0.15) is 4.40 Å². The number of benzene rings is 2. The average Bonchev–Trinajstić information content (AvgIpc) is 3.12. The van der Waals surface area contributed by atoms with Gasteiger partial charge in [0.25, 0.3) is 0 Å². The van der Waals surface area contributed by atoms with E-state index in [-0.39, 0.29) is 0 Å². The summed E-state index contributed by atoms with van der Waals surface area (Å²) in [6.07, 6.45) is 2.17. The molecule has 22 heavy (non-hydrogen) atoms. The molecule has 0 saturated carbocycles. The lowest BCUT2D eigenvalue weighted by Gasteiger charge is -2.00. The first-order chi connectivity index (χ1) is 10.8. The molecule has 4 rings (SSSR count). The first kappa shape index (κ1) is 13.2. The van der Waals surface area contributed by atoms with Crippen molar-refractivity contribution in [2.24, 2.45) is 0 Å². The number of imidazole rings is 1. The molecule has 0 saturated heterocycles. The van der Waals surface area contributed by atoms with Crippen LogP contribution in [-0.4, -0.2) is 19.1 Å². The molecule has 4 aromatic rings. The third-order valence-electron chi connectivity index (χ3n) is 3.84. The quantitative estimate of drug-likeness (QED) is 0.567. The van der Waals surface area contributed by atoms with Crippen LogP contribution in [0, 0.1) is 0 Å². The average molecular weight is 310 g/mol. The molecule has 2 aromatic carbocycles. The Morgan fingerprint density at radius 2 is 1.95 bits per heavy atom. The molecule has 0 aliphatic carbocycles. The van der Waals surface area contributed by atoms with Crippen LogP contribution < -0.4 is 14.5 Å². The Hall–Kier alpha value is -2.53. The summed E-state index contributed by atoms with van der Waals surface area (Å²) in [7, 11) is 3.62. The van der Waals surface area contributed by atoms with Gasteiger partial charge in [-0.25, -0.2) is 4.98 Å². The van der Waals surface area contributed by atoms with E-state index in [0.717, 1.165) is 27.4 Å². The number of anilines is 1. The van der Waals surface area contributed by atoms with E-state index in [1.54, 1.807) is 18.4 Å². The highest BCUT2D eigenvalue weighted by Gasteiger charge is 2.17. The minimum atomic E-state index is 0.868. The lowest BCUT2D eigenvalue weighted by Crippen LogP contribution is -2.14. The van der Waals surface area contributed by atoms with Crippen LogP contribution >= 0.6 is 11.3 Å². The highest BCUT2D eigenvalue weighted by atomic mass is 32.1. The summed E-state index contributed by atoms with van der Waals surface area (Å²) in [5.74, 6) is 0.868. The number of hydrogen-bond donors (Lipinski definition) is 2. The second-order valence-corrected chi connectivity index (χ2v) is 6.14. The Morgan fingerprint density at radius 3 is 2.68 bits per heavy atom. The largest absolute Gasteiger partial charge is 0.497 e. The fraction of sp³-hybridized carbons (Fsp3) is 0.118. The highest BCUT2D eigenvalue weighted by Crippen LogP contribution is 2.28. The summed E-state index contributed by atoms with van der Waals surface area (Å²) in [6.45, 7) is 0. The van der Waals surface area contributed by atoms with E-state index < -0.39 is 0 Å². The molecule has 0 radical (unpaired) electrons. The molecule has 0 unspecified atom stereocenters. The zero-order valence-corrected chi connectivity index (χ0v) is 13.2. The lowest BCUT2D eigenvalue weighted by atomic mass is 10.2. The van der Waals surface area contributed by atoms with Crippen molar-refractivity contribution >= 4 is 33.0 Å². The predicted molar refractivity (Wildman–Crippen MR) is 90.9 cm³/mol. The number of H-pyrrole nitrogens is 1. The van der Waals surface area contributed by atoms with E-state index in [9.17, 15) is 0 Å². The van der Waals surface area contributed by atoms with Crippen LogP contribution in [0.2, 0.25) is 0 Å². The smallest absolute Gasteiger partial charge is 0.345 e. The van der Waals surface area contributed by atoms with Crippen LogP contribution in [0.25, 0.3) is 26.4 Å². The molecule has 0 spiro atoms. The fourth-order valence-electron chi connectivity index (χ4n) is 2.61. The van der Waals surface area contributed by atoms with Gasteiger partial charge in [-0.05, 0) is 41.2 Å². The molecule has 110 valence electrons. The van der Waals surface area contributed by atoms with Crippen molar-refractivity contribution < 1.29 is 9.14 Å². The number of fused-ring (bicyclic) bond motifs is 3. The van der Waals surface area contributed by atoms with E-state index in [2.05, 4.69) is 57.3 Å². The summed E-state index contributed by atoms with van der Waals surface area (Å²) < 4.78 is 7.51. The van der Waals surface area contributed by atoms with Crippen molar-refractivity contribution in [3.8, 4) is 16.2 Å². The van der Waals surface area contributed by atoms with Gasteiger partial charge < -0.3 is 10.1 Å². The number of nitrogens with one attached hydrogen (secondary N) is 2. The molecule has 0 fully saturated rings. The molecule has 4 nitrogen and oxygen atoms in total. The van der Waals surface area contributed by atoms with Gasteiger partial charge >= 0.3 is 4.96 Å². The molecular weight excluding hydrogens is 294 g/mol. The maximum absolute atomic E-state index is 5.33. The number of rotatable bonds is 3. The van der Waals surface area contributed by atoms with E-state index >= 15 is 0 Å². The second kappa shape index (κ2) is 5.03. The van der Waals surface area contributed by atoms with Crippen LogP contribution in [0.1, 0.15) is 0 Å². The molecule has 2 N–H and O–H groups in total. The Balaban J connectivity index is 1.85. The number of aromatic amines is 1. The number of aromatic nitrogens is 2. The minimum Gasteiger partial charge on any atom is -0.497 e. The predicted octanol–water partition coefficient (Wildman–Crippen LogP) is 3.69.